The molecule has 1 fully saturated rings. The summed E-state index contributed by atoms with van der Waals surface area (Å²) in [7, 11) is 0. The lowest BCUT2D eigenvalue weighted by atomic mass is 9.99. The van der Waals surface area contributed by atoms with Crippen LogP contribution in [-0.2, 0) is 19.1 Å². The van der Waals surface area contributed by atoms with Crippen molar-refractivity contribution in [2.75, 3.05) is 6.61 Å². The van der Waals surface area contributed by atoms with Crippen molar-refractivity contribution in [1.29, 1.82) is 0 Å². The zero-order valence-corrected chi connectivity index (χ0v) is 17.3. The molecule has 174 valence electrons. The number of nitrogens with zero attached hydrogens (tertiary/aromatic N) is 1. The number of amides is 1. The quantitative estimate of drug-likeness (QED) is 0.274. The molecule has 0 saturated carbocycles. The van der Waals surface area contributed by atoms with Crippen LogP contribution in [0.15, 0.2) is 15.8 Å². The Labute approximate surface area is 176 Å². The van der Waals surface area contributed by atoms with E-state index in [1.165, 1.54) is 6.92 Å². The maximum atomic E-state index is 13.5. The van der Waals surface area contributed by atoms with Gasteiger partial charge in [0.05, 0.1) is 12.2 Å². The van der Waals surface area contributed by atoms with Gasteiger partial charge in [0, 0.05) is 0 Å². The Hall–Kier alpha value is -2.61. The fraction of sp³-hybridized carbons (Fsp3) is 0.667. The third kappa shape index (κ3) is 5.55. The van der Waals surface area contributed by atoms with E-state index in [1.54, 1.807) is 11.9 Å². The highest BCUT2D eigenvalue weighted by Gasteiger charge is 2.45. The molecule has 0 radical (unpaired) electrons. The molecular weight excluding hydrogens is 419 g/mol. The fourth-order valence-corrected chi connectivity index (χ4v) is 2.95. The van der Waals surface area contributed by atoms with Crippen LogP contribution in [-0.4, -0.2) is 68.6 Å². The van der Waals surface area contributed by atoms with E-state index >= 15 is 0 Å². The number of nitrogens with two attached hydrogens (primary N) is 1. The molecule has 13 heteroatoms. The van der Waals surface area contributed by atoms with Crippen molar-refractivity contribution in [2.45, 2.75) is 63.8 Å². The Morgan fingerprint density at radius 3 is 2.58 bits per heavy atom. The molecule has 0 aliphatic carbocycles. The monoisotopic (exact) mass is 446 g/mol. The van der Waals surface area contributed by atoms with E-state index in [4.69, 9.17) is 15.2 Å². The van der Waals surface area contributed by atoms with Gasteiger partial charge in [-0.15, -0.1) is 0 Å². The first kappa shape index (κ1) is 24.7. The Morgan fingerprint density at radius 1 is 1.35 bits per heavy atom. The molecule has 0 bridgehead atoms. The number of aromatic nitrogens is 2. The van der Waals surface area contributed by atoms with Gasteiger partial charge in [0.15, 0.2) is 6.23 Å². The lowest BCUT2D eigenvalue weighted by Gasteiger charge is -2.24. The molecule has 1 aliphatic heterocycles. The van der Waals surface area contributed by atoms with Crippen LogP contribution < -0.4 is 22.3 Å². The van der Waals surface area contributed by atoms with Gasteiger partial charge in [-0.2, -0.15) is 4.39 Å². The molecule has 31 heavy (non-hydrogen) atoms. The average molecular weight is 446 g/mol. The number of aromatic amines is 1. The Morgan fingerprint density at radius 2 is 2.00 bits per heavy atom. The molecule has 6 N–H and O–H groups in total. The Bertz CT molecular complexity index is 917. The van der Waals surface area contributed by atoms with Crippen molar-refractivity contribution < 1.29 is 33.7 Å². The van der Waals surface area contributed by atoms with Crippen molar-refractivity contribution in [3.05, 3.63) is 32.9 Å². The lowest BCUT2D eigenvalue weighted by molar-refractivity contribution is -0.155. The van der Waals surface area contributed by atoms with Crippen molar-refractivity contribution in [1.82, 2.24) is 14.9 Å². The number of hydrogen-bond acceptors (Lipinski definition) is 9. The summed E-state index contributed by atoms with van der Waals surface area (Å²) in [6, 6.07) is -1.84. The first-order valence-corrected chi connectivity index (χ1v) is 9.73. The van der Waals surface area contributed by atoms with E-state index in [0.29, 0.717) is 17.2 Å². The second-order valence-electron chi connectivity index (χ2n) is 7.48. The third-order valence-corrected chi connectivity index (χ3v) is 5.10. The van der Waals surface area contributed by atoms with Crippen molar-refractivity contribution in [3.8, 4) is 0 Å². The Balaban J connectivity index is 2.10. The van der Waals surface area contributed by atoms with Gasteiger partial charge in [-0.25, -0.2) is 9.59 Å². The molecule has 1 aromatic heterocycles. The molecule has 0 unspecified atom stereocenters. The van der Waals surface area contributed by atoms with Crippen molar-refractivity contribution in [3.63, 3.8) is 0 Å². The number of hydrogen-bond donors (Lipinski definition) is 5. The van der Waals surface area contributed by atoms with Crippen LogP contribution >= 0.6 is 0 Å². The number of halogens is 1. The molecule has 1 saturated heterocycles. The van der Waals surface area contributed by atoms with Crippen LogP contribution in [0.4, 0.5) is 4.39 Å². The number of carbonyl (C=O) groups excluding carboxylic acids is 2. The first-order chi connectivity index (χ1) is 14.5. The zero-order chi connectivity index (χ0) is 23.5. The van der Waals surface area contributed by atoms with E-state index in [9.17, 15) is 33.8 Å². The molecule has 7 atom stereocenters. The summed E-state index contributed by atoms with van der Waals surface area (Å²) in [5.74, 6) is -2.93. The maximum absolute atomic E-state index is 13.5. The number of nitrogens with one attached hydrogen (secondary N) is 2. The molecule has 1 aliphatic rings. The van der Waals surface area contributed by atoms with E-state index in [0.717, 1.165) is 0 Å². The highest BCUT2D eigenvalue weighted by Crippen LogP contribution is 2.28. The van der Waals surface area contributed by atoms with Crippen LogP contribution in [0.5, 0.6) is 0 Å². The van der Waals surface area contributed by atoms with Crippen molar-refractivity contribution >= 4 is 11.9 Å². The molecule has 2 rings (SSSR count). The predicted molar refractivity (Wildman–Crippen MR) is 103 cm³/mol. The predicted octanol–water partition coefficient (Wildman–Crippen LogP) is -2.28. The number of carbonyl (C=O) groups is 2. The Kier molecular flexibility index (Phi) is 8.06. The normalized spacial score (nSPS) is 26.2. The number of aliphatic hydroxyl groups is 2. The van der Waals surface area contributed by atoms with Crippen LogP contribution in [0.1, 0.15) is 33.4 Å². The average Bonchev–Trinajstić information content (AvgIpc) is 3.00. The standard InChI is InChI=1S/C18H27FN4O8/c1-4-7(2)11(21-14(26)8(3)20)17(28)30-6-10-12(24)13(25)16(31-10)23-5-9(19)15(27)22-18(23)29/h5,7-8,10-13,16,24-25H,4,6,20H2,1-3H3,(H,21,26)(H,22,27,29)/t7-,8-,10+,11-,12+,13+,16+/m0/s1. The molecular formula is C18H27FN4O8. The number of rotatable bonds is 8. The maximum Gasteiger partial charge on any atom is 0.330 e. The second-order valence-corrected chi connectivity index (χ2v) is 7.48. The highest BCUT2D eigenvalue weighted by molar-refractivity contribution is 5.87. The number of aliphatic hydroxyl groups excluding tert-OH is 2. The first-order valence-electron chi connectivity index (χ1n) is 9.73. The van der Waals surface area contributed by atoms with Crippen molar-refractivity contribution in [2.24, 2.45) is 11.7 Å². The van der Waals surface area contributed by atoms with Crippen LogP contribution in [0.25, 0.3) is 0 Å². The van der Waals surface area contributed by atoms with Crippen LogP contribution in [0.3, 0.4) is 0 Å². The van der Waals surface area contributed by atoms with Gasteiger partial charge in [0.25, 0.3) is 5.56 Å². The van der Waals surface area contributed by atoms with Crippen LogP contribution in [0.2, 0.25) is 0 Å². The second kappa shape index (κ2) is 10.1. The summed E-state index contributed by atoms with van der Waals surface area (Å²) in [6.45, 7) is 4.48. The van der Waals surface area contributed by atoms with E-state index < -0.39 is 72.2 Å². The molecule has 1 amide bonds. The minimum atomic E-state index is -1.67. The smallest absolute Gasteiger partial charge is 0.330 e. The summed E-state index contributed by atoms with van der Waals surface area (Å²) in [4.78, 5) is 49.2. The number of esters is 1. The number of H-pyrrole nitrogens is 1. The van der Waals surface area contributed by atoms with E-state index in [2.05, 4.69) is 5.32 Å². The molecule has 2 heterocycles. The highest BCUT2D eigenvalue weighted by atomic mass is 19.1. The molecule has 12 nitrogen and oxygen atoms in total. The largest absolute Gasteiger partial charge is 0.461 e. The molecule has 1 aromatic rings. The van der Waals surface area contributed by atoms with E-state index in [1.807, 2.05) is 6.92 Å². The minimum absolute atomic E-state index is 0.286. The van der Waals surface area contributed by atoms with Gasteiger partial charge in [0.1, 0.15) is 31.0 Å². The zero-order valence-electron chi connectivity index (χ0n) is 17.3. The number of ether oxygens (including phenoxy) is 2. The third-order valence-electron chi connectivity index (χ3n) is 5.10. The van der Waals surface area contributed by atoms with E-state index in [-0.39, 0.29) is 5.92 Å². The van der Waals surface area contributed by atoms with Crippen LogP contribution in [0, 0.1) is 11.7 Å². The lowest BCUT2D eigenvalue weighted by Crippen LogP contribution is -2.51. The molecule has 0 aromatic carbocycles. The minimum Gasteiger partial charge on any atom is -0.461 e. The summed E-state index contributed by atoms with van der Waals surface area (Å²) in [5.41, 5.74) is 3.21. The molecule has 0 spiro atoms. The topological polar surface area (TPSA) is 186 Å². The van der Waals surface area contributed by atoms with Gasteiger partial charge in [-0.05, 0) is 12.8 Å². The SMILES string of the molecule is CC[C@H](C)[C@H](NC(=O)[C@H](C)N)C(=O)OC[C@H]1O[C@@H](n2cc(F)c(=O)[nH]c2=O)[C@H](O)[C@@H]1O. The van der Waals surface area contributed by atoms with Gasteiger partial charge >= 0.3 is 11.7 Å². The summed E-state index contributed by atoms with van der Waals surface area (Å²) in [5, 5.41) is 22.9. The summed E-state index contributed by atoms with van der Waals surface area (Å²) < 4.78 is 24.6. The fourth-order valence-electron chi connectivity index (χ4n) is 2.95. The van der Waals surface area contributed by atoms with Gasteiger partial charge in [0.2, 0.25) is 11.7 Å². The summed E-state index contributed by atoms with van der Waals surface area (Å²) >= 11 is 0. The van der Waals surface area contributed by atoms with Gasteiger partial charge in [-0.3, -0.25) is 19.1 Å². The van der Waals surface area contributed by atoms with Gasteiger partial charge < -0.3 is 30.7 Å². The summed E-state index contributed by atoms with van der Waals surface area (Å²) in [6.07, 6.45) is -4.95. The van der Waals surface area contributed by atoms with Gasteiger partial charge in [-0.1, -0.05) is 20.3 Å².